The molecule has 1 rings (SSSR count). The van der Waals surface area contributed by atoms with Gasteiger partial charge in [-0.2, -0.15) is 12.6 Å². The number of thiol groups is 1. The minimum Gasteiger partial charge on any atom is -0.480 e. The molecular weight excluding hydrogens is 416 g/mol. The highest BCUT2D eigenvalue weighted by molar-refractivity contribution is 7.80. The number of carbonyl (C=O) groups excluding carboxylic acids is 3. The molecule has 166 valence electrons. The molecule has 3 amide bonds. The van der Waals surface area contributed by atoms with Gasteiger partial charge in [-0.3, -0.25) is 14.4 Å². The van der Waals surface area contributed by atoms with Crippen LogP contribution in [0, 0.1) is 0 Å². The third kappa shape index (κ3) is 7.99. The fourth-order valence-corrected chi connectivity index (χ4v) is 2.51. The molecule has 0 saturated carbocycles. The second-order valence-electron chi connectivity index (χ2n) is 6.37. The standard InChI is InChI=1S/C18H26N4O7S/c19-11(9-30)15(25)20-12(6-10-4-2-1-3-5-10)16(26)21-13(7-23)17(27)22-14(8-24)18(28)29/h1-5,11-14,23-24,30H,6-9,19H2,(H,20,25)(H,21,26)(H,22,27)(H,28,29). The SMILES string of the molecule is NC(CS)C(=O)NC(Cc1ccccc1)C(=O)NC(CO)C(=O)NC(CO)C(=O)O. The second kappa shape index (κ2) is 12.8. The predicted molar refractivity (Wildman–Crippen MR) is 110 cm³/mol. The Morgan fingerprint density at radius 2 is 1.37 bits per heavy atom. The predicted octanol–water partition coefficient (Wildman–Crippen LogP) is -2.99. The molecule has 11 nitrogen and oxygen atoms in total. The lowest BCUT2D eigenvalue weighted by Gasteiger charge is -2.24. The third-order valence-electron chi connectivity index (χ3n) is 4.06. The summed E-state index contributed by atoms with van der Waals surface area (Å²) in [5, 5.41) is 34.1. The van der Waals surface area contributed by atoms with Crippen molar-refractivity contribution >= 4 is 36.3 Å². The third-order valence-corrected chi connectivity index (χ3v) is 4.46. The Morgan fingerprint density at radius 1 is 0.867 bits per heavy atom. The monoisotopic (exact) mass is 442 g/mol. The summed E-state index contributed by atoms with van der Waals surface area (Å²) in [5.74, 6) is -3.86. The van der Waals surface area contributed by atoms with E-state index in [0.29, 0.717) is 5.56 Å². The number of carboxylic acids is 1. The van der Waals surface area contributed by atoms with E-state index >= 15 is 0 Å². The topological polar surface area (TPSA) is 191 Å². The number of hydrogen-bond acceptors (Lipinski definition) is 8. The number of nitrogens with one attached hydrogen (secondary N) is 3. The highest BCUT2D eigenvalue weighted by Crippen LogP contribution is 2.05. The lowest BCUT2D eigenvalue weighted by Crippen LogP contribution is -2.59. The molecule has 12 heteroatoms. The van der Waals surface area contributed by atoms with Gasteiger partial charge in [-0.25, -0.2) is 4.79 Å². The van der Waals surface area contributed by atoms with E-state index in [-0.39, 0.29) is 12.2 Å². The number of aliphatic carboxylic acids is 1. The Morgan fingerprint density at radius 3 is 1.87 bits per heavy atom. The Kier molecular flexibility index (Phi) is 10.8. The van der Waals surface area contributed by atoms with Crippen molar-refractivity contribution in [3.05, 3.63) is 35.9 Å². The van der Waals surface area contributed by atoms with Gasteiger partial charge in [-0.15, -0.1) is 0 Å². The van der Waals surface area contributed by atoms with Gasteiger partial charge in [0.15, 0.2) is 0 Å². The van der Waals surface area contributed by atoms with Crippen LogP contribution in [-0.4, -0.2) is 82.1 Å². The molecule has 0 aliphatic rings. The van der Waals surface area contributed by atoms with E-state index in [0.717, 1.165) is 0 Å². The van der Waals surface area contributed by atoms with Crippen molar-refractivity contribution in [2.45, 2.75) is 30.6 Å². The minimum absolute atomic E-state index is 0.0465. The highest BCUT2D eigenvalue weighted by atomic mass is 32.1. The molecule has 0 aromatic heterocycles. The van der Waals surface area contributed by atoms with Gasteiger partial charge in [0.1, 0.15) is 18.1 Å². The zero-order valence-electron chi connectivity index (χ0n) is 16.0. The van der Waals surface area contributed by atoms with Gasteiger partial charge in [0, 0.05) is 12.2 Å². The Balaban J connectivity index is 2.93. The summed E-state index contributed by atoms with van der Waals surface area (Å²) in [5.41, 5.74) is 6.35. The fourth-order valence-electron chi connectivity index (χ4n) is 2.34. The molecule has 0 bridgehead atoms. The molecule has 0 aliphatic heterocycles. The van der Waals surface area contributed by atoms with E-state index in [1.165, 1.54) is 0 Å². The molecule has 8 N–H and O–H groups in total. The summed E-state index contributed by atoms with van der Waals surface area (Å²) in [6.45, 7) is -1.71. The summed E-state index contributed by atoms with van der Waals surface area (Å²) in [4.78, 5) is 48.0. The lowest BCUT2D eigenvalue weighted by molar-refractivity contribution is -0.143. The number of nitrogens with two attached hydrogens (primary N) is 1. The van der Waals surface area contributed by atoms with Crippen molar-refractivity contribution < 1.29 is 34.5 Å². The van der Waals surface area contributed by atoms with Crippen LogP contribution in [0.4, 0.5) is 0 Å². The largest absolute Gasteiger partial charge is 0.480 e. The zero-order valence-corrected chi connectivity index (χ0v) is 16.9. The second-order valence-corrected chi connectivity index (χ2v) is 6.73. The van der Waals surface area contributed by atoms with E-state index < -0.39 is 61.1 Å². The van der Waals surface area contributed by atoms with Crippen molar-refractivity contribution in [1.82, 2.24) is 16.0 Å². The summed E-state index contributed by atoms with van der Waals surface area (Å²) >= 11 is 3.94. The van der Waals surface area contributed by atoms with Crippen LogP contribution in [0.1, 0.15) is 5.56 Å². The Hall–Kier alpha value is -2.67. The van der Waals surface area contributed by atoms with E-state index in [9.17, 15) is 24.3 Å². The van der Waals surface area contributed by atoms with Crippen LogP contribution in [0.15, 0.2) is 30.3 Å². The Bertz CT molecular complexity index is 735. The van der Waals surface area contributed by atoms with Gasteiger partial charge in [0.25, 0.3) is 0 Å². The number of carboxylic acid groups (broad SMARTS) is 1. The Labute approximate surface area is 178 Å². The first kappa shape index (κ1) is 25.4. The molecular formula is C18H26N4O7S. The van der Waals surface area contributed by atoms with E-state index in [1.807, 2.05) is 5.32 Å². The van der Waals surface area contributed by atoms with Crippen LogP contribution in [-0.2, 0) is 25.6 Å². The van der Waals surface area contributed by atoms with Crippen molar-refractivity contribution in [3.63, 3.8) is 0 Å². The molecule has 1 aromatic rings. The number of aliphatic hydroxyl groups excluding tert-OH is 2. The maximum Gasteiger partial charge on any atom is 0.328 e. The summed E-state index contributed by atoms with van der Waals surface area (Å²) in [6, 6.07) is 3.56. The van der Waals surface area contributed by atoms with Crippen LogP contribution in [0.2, 0.25) is 0 Å². The number of amides is 3. The van der Waals surface area contributed by atoms with Crippen molar-refractivity contribution in [2.24, 2.45) is 5.73 Å². The lowest BCUT2D eigenvalue weighted by atomic mass is 10.0. The van der Waals surface area contributed by atoms with Gasteiger partial charge in [0.05, 0.1) is 19.3 Å². The number of benzene rings is 1. The maximum atomic E-state index is 12.7. The van der Waals surface area contributed by atoms with E-state index in [2.05, 4.69) is 23.3 Å². The van der Waals surface area contributed by atoms with Gasteiger partial charge >= 0.3 is 5.97 Å². The molecule has 0 fully saturated rings. The average Bonchev–Trinajstić information content (AvgIpc) is 2.74. The van der Waals surface area contributed by atoms with Crippen LogP contribution in [0.25, 0.3) is 0 Å². The van der Waals surface area contributed by atoms with Gasteiger partial charge in [-0.1, -0.05) is 30.3 Å². The molecule has 0 heterocycles. The smallest absolute Gasteiger partial charge is 0.328 e. The molecule has 0 spiro atoms. The number of rotatable bonds is 12. The van der Waals surface area contributed by atoms with Crippen LogP contribution >= 0.6 is 12.6 Å². The highest BCUT2D eigenvalue weighted by Gasteiger charge is 2.29. The van der Waals surface area contributed by atoms with Crippen LogP contribution in [0.5, 0.6) is 0 Å². The van der Waals surface area contributed by atoms with Crippen LogP contribution < -0.4 is 21.7 Å². The van der Waals surface area contributed by atoms with E-state index in [4.69, 9.17) is 15.9 Å². The van der Waals surface area contributed by atoms with Crippen molar-refractivity contribution in [1.29, 1.82) is 0 Å². The van der Waals surface area contributed by atoms with Crippen molar-refractivity contribution in [3.8, 4) is 0 Å². The molecule has 4 atom stereocenters. The molecule has 0 radical (unpaired) electrons. The average molecular weight is 442 g/mol. The molecule has 0 aliphatic carbocycles. The number of hydrogen-bond donors (Lipinski definition) is 8. The minimum atomic E-state index is -1.60. The molecule has 30 heavy (non-hydrogen) atoms. The first-order valence-electron chi connectivity index (χ1n) is 8.99. The van der Waals surface area contributed by atoms with Gasteiger partial charge in [0.2, 0.25) is 17.7 Å². The van der Waals surface area contributed by atoms with E-state index in [1.54, 1.807) is 30.3 Å². The van der Waals surface area contributed by atoms with Crippen LogP contribution in [0.3, 0.4) is 0 Å². The molecule has 4 unspecified atom stereocenters. The quantitative estimate of drug-likeness (QED) is 0.157. The summed E-state index contributed by atoms with van der Waals surface area (Å²) in [7, 11) is 0. The van der Waals surface area contributed by atoms with Gasteiger partial charge in [-0.05, 0) is 5.56 Å². The first-order chi connectivity index (χ1) is 14.2. The number of carbonyl (C=O) groups is 4. The fraction of sp³-hybridized carbons (Fsp3) is 0.444. The summed E-state index contributed by atoms with van der Waals surface area (Å²) in [6.07, 6.45) is 0.0753. The zero-order chi connectivity index (χ0) is 22.7. The summed E-state index contributed by atoms with van der Waals surface area (Å²) < 4.78 is 0. The molecule has 0 saturated heterocycles. The normalized spacial score (nSPS) is 14.7. The van der Waals surface area contributed by atoms with Crippen molar-refractivity contribution in [2.75, 3.05) is 19.0 Å². The maximum absolute atomic E-state index is 12.7. The van der Waals surface area contributed by atoms with Gasteiger partial charge < -0.3 is 37.0 Å². The molecule has 1 aromatic carbocycles. The first-order valence-corrected chi connectivity index (χ1v) is 9.62. The number of aliphatic hydroxyl groups is 2.